The first-order valence-electron chi connectivity index (χ1n) is 6.26. The highest BCUT2D eigenvalue weighted by Gasteiger charge is 2.30. The van der Waals surface area contributed by atoms with E-state index in [4.69, 9.17) is 0 Å². The maximum Gasteiger partial charge on any atom is 0.416 e. The molecule has 0 saturated heterocycles. The predicted molar refractivity (Wildman–Crippen MR) is 78.6 cm³/mol. The quantitative estimate of drug-likeness (QED) is 0.769. The Labute approximate surface area is 127 Å². The second kappa shape index (κ2) is 5.42. The Morgan fingerprint density at radius 1 is 1.09 bits per heavy atom. The Morgan fingerprint density at radius 3 is 2.41 bits per heavy atom. The van der Waals surface area contributed by atoms with Crippen LogP contribution in [0.15, 0.2) is 52.6 Å². The first-order valence-corrected chi connectivity index (χ1v) is 7.14. The number of alkyl halides is 3. The fourth-order valence-corrected chi connectivity index (χ4v) is 2.70. The molecule has 0 saturated carbocycles. The van der Waals surface area contributed by atoms with Crippen LogP contribution < -0.4 is 5.69 Å². The molecule has 3 aromatic rings. The highest BCUT2D eigenvalue weighted by Crippen LogP contribution is 2.31. The van der Waals surface area contributed by atoms with Crippen LogP contribution in [0.3, 0.4) is 0 Å². The van der Waals surface area contributed by atoms with E-state index in [0.717, 1.165) is 17.0 Å². The van der Waals surface area contributed by atoms with Crippen molar-refractivity contribution in [2.24, 2.45) is 0 Å². The molecule has 3 rings (SSSR count). The third-order valence-corrected chi connectivity index (χ3v) is 3.94. The number of nitrogens with one attached hydrogen (secondary N) is 1. The molecule has 0 aliphatic rings. The molecule has 0 spiro atoms. The largest absolute Gasteiger partial charge is 0.416 e. The van der Waals surface area contributed by atoms with Gasteiger partial charge in [-0.1, -0.05) is 18.2 Å². The Bertz CT molecular complexity index is 836. The Kier molecular flexibility index (Phi) is 3.58. The number of benzene rings is 1. The molecule has 0 aliphatic heterocycles. The van der Waals surface area contributed by atoms with Crippen molar-refractivity contribution in [1.29, 1.82) is 0 Å². The lowest BCUT2D eigenvalue weighted by Crippen LogP contribution is -2.11. The third kappa shape index (κ3) is 2.94. The second-order valence-corrected chi connectivity index (χ2v) is 5.49. The highest BCUT2D eigenvalue weighted by molar-refractivity contribution is 7.13. The van der Waals surface area contributed by atoms with Crippen LogP contribution in [0.2, 0.25) is 0 Å². The van der Waals surface area contributed by atoms with Crippen LogP contribution in [0, 0.1) is 0 Å². The monoisotopic (exact) mass is 322 g/mol. The maximum absolute atomic E-state index is 12.6. The van der Waals surface area contributed by atoms with Gasteiger partial charge in [0.1, 0.15) is 0 Å². The molecule has 1 aromatic carbocycles. The van der Waals surface area contributed by atoms with Crippen molar-refractivity contribution in [3.63, 3.8) is 0 Å². The second-order valence-electron chi connectivity index (χ2n) is 4.54. The molecule has 0 bridgehead atoms. The van der Waals surface area contributed by atoms with Crippen LogP contribution in [0.25, 0.3) is 21.8 Å². The minimum absolute atomic E-state index is 0.334. The lowest BCUT2D eigenvalue weighted by molar-refractivity contribution is -0.137. The van der Waals surface area contributed by atoms with Crippen molar-refractivity contribution in [2.75, 3.05) is 0 Å². The van der Waals surface area contributed by atoms with Gasteiger partial charge in [0, 0.05) is 5.56 Å². The molecule has 2 heterocycles. The van der Waals surface area contributed by atoms with E-state index in [-0.39, 0.29) is 0 Å². The van der Waals surface area contributed by atoms with Crippen LogP contribution in [-0.4, -0.2) is 9.97 Å². The number of nitrogens with zero attached hydrogens (tertiary/aromatic N) is 1. The molecule has 7 heteroatoms. The summed E-state index contributed by atoms with van der Waals surface area (Å²) in [5.74, 6) is 0. The lowest BCUT2D eigenvalue weighted by atomic mass is 10.1. The summed E-state index contributed by atoms with van der Waals surface area (Å²) in [4.78, 5) is 19.0. The van der Waals surface area contributed by atoms with Gasteiger partial charge in [-0.25, -0.2) is 4.79 Å². The van der Waals surface area contributed by atoms with Crippen molar-refractivity contribution in [2.45, 2.75) is 6.18 Å². The van der Waals surface area contributed by atoms with Gasteiger partial charge in [-0.3, -0.25) is 0 Å². The first kappa shape index (κ1) is 14.5. The van der Waals surface area contributed by atoms with Gasteiger partial charge < -0.3 is 4.98 Å². The van der Waals surface area contributed by atoms with Crippen LogP contribution in [-0.2, 0) is 6.18 Å². The van der Waals surface area contributed by atoms with Crippen molar-refractivity contribution < 1.29 is 13.2 Å². The molecule has 0 amide bonds. The summed E-state index contributed by atoms with van der Waals surface area (Å²) in [6, 6.07) is 9.90. The van der Waals surface area contributed by atoms with E-state index in [0.29, 0.717) is 17.0 Å². The SMILES string of the molecule is O=c1nc(-c2ccc(C(F)(F)F)cc2)cc(-c2cccs2)[nH]1. The van der Waals surface area contributed by atoms with E-state index >= 15 is 0 Å². The summed E-state index contributed by atoms with van der Waals surface area (Å²) in [7, 11) is 0. The minimum Gasteiger partial charge on any atom is -0.305 e. The number of thiophene rings is 1. The number of H-pyrrole nitrogens is 1. The van der Waals surface area contributed by atoms with Gasteiger partial charge in [-0.05, 0) is 29.6 Å². The number of hydrogen-bond donors (Lipinski definition) is 1. The number of aromatic amines is 1. The van der Waals surface area contributed by atoms with Gasteiger partial charge in [-0.2, -0.15) is 18.2 Å². The van der Waals surface area contributed by atoms with Crippen LogP contribution in [0.1, 0.15) is 5.56 Å². The molecular weight excluding hydrogens is 313 g/mol. The van der Waals surface area contributed by atoms with Crippen LogP contribution >= 0.6 is 11.3 Å². The van der Waals surface area contributed by atoms with Crippen molar-refractivity contribution >= 4 is 11.3 Å². The average Bonchev–Trinajstić information content (AvgIpc) is 3.00. The molecule has 22 heavy (non-hydrogen) atoms. The van der Waals surface area contributed by atoms with Crippen molar-refractivity contribution in [3.05, 3.63) is 63.9 Å². The van der Waals surface area contributed by atoms with Gasteiger partial charge in [0.25, 0.3) is 0 Å². The van der Waals surface area contributed by atoms with E-state index in [9.17, 15) is 18.0 Å². The van der Waals surface area contributed by atoms with E-state index in [2.05, 4.69) is 9.97 Å². The van der Waals surface area contributed by atoms with Crippen molar-refractivity contribution in [3.8, 4) is 21.8 Å². The Balaban J connectivity index is 2.03. The van der Waals surface area contributed by atoms with E-state index < -0.39 is 17.4 Å². The summed E-state index contributed by atoms with van der Waals surface area (Å²) in [5.41, 5.74) is 0.100. The zero-order chi connectivity index (χ0) is 15.7. The van der Waals surface area contributed by atoms with Gasteiger partial charge in [0.05, 0.1) is 21.8 Å². The summed E-state index contributed by atoms with van der Waals surface area (Å²) in [6.07, 6.45) is -4.39. The molecule has 0 fully saturated rings. The molecule has 3 nitrogen and oxygen atoms in total. The third-order valence-electron chi connectivity index (χ3n) is 3.04. The Hall–Kier alpha value is -2.41. The van der Waals surface area contributed by atoms with Crippen molar-refractivity contribution in [1.82, 2.24) is 9.97 Å². The number of halogens is 3. The molecule has 0 unspecified atom stereocenters. The Morgan fingerprint density at radius 2 is 1.82 bits per heavy atom. The van der Waals surface area contributed by atoms with Crippen LogP contribution in [0.4, 0.5) is 13.2 Å². The molecule has 0 radical (unpaired) electrons. The topological polar surface area (TPSA) is 45.8 Å². The molecular formula is C15H9F3N2OS. The number of aromatic nitrogens is 2. The van der Waals surface area contributed by atoms with Gasteiger partial charge in [0.15, 0.2) is 0 Å². The maximum atomic E-state index is 12.6. The minimum atomic E-state index is -4.39. The number of rotatable bonds is 2. The van der Waals surface area contributed by atoms with Crippen LogP contribution in [0.5, 0.6) is 0 Å². The van der Waals surface area contributed by atoms with E-state index in [1.165, 1.54) is 23.5 Å². The smallest absolute Gasteiger partial charge is 0.305 e. The average molecular weight is 322 g/mol. The van der Waals surface area contributed by atoms with E-state index in [1.54, 1.807) is 6.07 Å². The zero-order valence-corrected chi connectivity index (χ0v) is 11.8. The molecule has 0 aliphatic carbocycles. The predicted octanol–water partition coefficient (Wildman–Crippen LogP) is 4.18. The van der Waals surface area contributed by atoms with Gasteiger partial charge in [-0.15, -0.1) is 11.3 Å². The summed E-state index contributed by atoms with van der Waals surface area (Å²) >= 11 is 1.45. The fraction of sp³-hybridized carbons (Fsp3) is 0.0667. The molecule has 112 valence electrons. The summed E-state index contributed by atoms with van der Waals surface area (Å²) in [6.45, 7) is 0. The molecule has 0 atom stereocenters. The van der Waals surface area contributed by atoms with Gasteiger partial charge >= 0.3 is 11.9 Å². The molecule has 2 aromatic heterocycles. The summed E-state index contributed by atoms with van der Waals surface area (Å²) in [5, 5.41) is 1.87. The highest BCUT2D eigenvalue weighted by atomic mass is 32.1. The number of hydrogen-bond acceptors (Lipinski definition) is 3. The first-order chi connectivity index (χ1) is 10.4. The zero-order valence-electron chi connectivity index (χ0n) is 11.0. The summed E-state index contributed by atoms with van der Waals surface area (Å²) < 4.78 is 37.7. The van der Waals surface area contributed by atoms with Gasteiger partial charge in [0.2, 0.25) is 0 Å². The molecule has 1 N–H and O–H groups in total. The standard InChI is InChI=1S/C15H9F3N2OS/c16-15(17,18)10-5-3-9(4-6-10)11-8-12(20-14(21)19-11)13-2-1-7-22-13/h1-8H,(H,19,20,21). The lowest BCUT2D eigenvalue weighted by Gasteiger charge is -2.07. The van der Waals surface area contributed by atoms with E-state index in [1.807, 2.05) is 17.5 Å². The normalized spacial score (nSPS) is 11.6. The fourth-order valence-electron chi connectivity index (χ4n) is 2.00.